The predicted octanol–water partition coefficient (Wildman–Crippen LogP) is 4.00. The summed E-state index contributed by atoms with van der Waals surface area (Å²) in [4.78, 5) is 14.4. The average Bonchev–Trinajstić information content (AvgIpc) is 2.47. The van der Waals surface area contributed by atoms with Crippen LogP contribution in [-0.2, 0) is 5.54 Å². The largest absolute Gasteiger partial charge is 0.333 e. The molecule has 0 N–H and O–H groups in total. The van der Waals surface area contributed by atoms with Crippen LogP contribution in [-0.4, -0.2) is 17.9 Å². The molecule has 0 fully saturated rings. The molecule has 2 aromatic rings. The zero-order valence-electron chi connectivity index (χ0n) is 12.6. The standard InChI is InChI=1S/C18H21NO/c1-14-10-12-15(13-11-14)17(20)19(4)18(2,3)16-8-6-5-7-9-16/h5-13H,1-4H3. The first-order valence-corrected chi connectivity index (χ1v) is 6.83. The third-order valence-corrected chi connectivity index (χ3v) is 3.92. The van der Waals surface area contributed by atoms with Gasteiger partial charge in [0, 0.05) is 12.6 Å². The van der Waals surface area contributed by atoms with E-state index in [1.807, 2.05) is 56.4 Å². The van der Waals surface area contributed by atoms with Crippen molar-refractivity contribution in [1.82, 2.24) is 4.90 Å². The van der Waals surface area contributed by atoms with Gasteiger partial charge in [0.2, 0.25) is 0 Å². The highest BCUT2D eigenvalue weighted by atomic mass is 16.2. The van der Waals surface area contributed by atoms with Crippen molar-refractivity contribution in [2.24, 2.45) is 0 Å². The molecule has 0 saturated carbocycles. The fourth-order valence-corrected chi connectivity index (χ4v) is 2.18. The molecule has 0 saturated heterocycles. The number of carbonyl (C=O) groups is 1. The van der Waals surface area contributed by atoms with Crippen LogP contribution in [0.15, 0.2) is 54.6 Å². The van der Waals surface area contributed by atoms with Crippen LogP contribution in [0, 0.1) is 6.92 Å². The summed E-state index contributed by atoms with van der Waals surface area (Å²) in [5, 5.41) is 0. The summed E-state index contributed by atoms with van der Waals surface area (Å²) in [5.41, 5.74) is 2.67. The highest BCUT2D eigenvalue weighted by Crippen LogP contribution is 2.27. The lowest BCUT2D eigenvalue weighted by molar-refractivity contribution is 0.0622. The van der Waals surface area contributed by atoms with Crippen molar-refractivity contribution in [2.75, 3.05) is 7.05 Å². The summed E-state index contributed by atoms with van der Waals surface area (Å²) in [6, 6.07) is 17.8. The summed E-state index contributed by atoms with van der Waals surface area (Å²) in [6.45, 7) is 6.15. The normalized spacial score (nSPS) is 11.2. The van der Waals surface area contributed by atoms with Gasteiger partial charge in [0.15, 0.2) is 0 Å². The lowest BCUT2D eigenvalue weighted by Gasteiger charge is -2.36. The number of rotatable bonds is 3. The molecule has 0 bridgehead atoms. The highest BCUT2D eigenvalue weighted by molar-refractivity contribution is 5.94. The lowest BCUT2D eigenvalue weighted by Crippen LogP contribution is -2.42. The van der Waals surface area contributed by atoms with Crippen LogP contribution in [0.4, 0.5) is 0 Å². The molecule has 0 radical (unpaired) electrons. The minimum Gasteiger partial charge on any atom is -0.333 e. The van der Waals surface area contributed by atoms with E-state index in [1.165, 1.54) is 0 Å². The Labute approximate surface area is 121 Å². The van der Waals surface area contributed by atoms with Crippen molar-refractivity contribution in [3.63, 3.8) is 0 Å². The Hall–Kier alpha value is -2.09. The van der Waals surface area contributed by atoms with Gasteiger partial charge >= 0.3 is 0 Å². The van der Waals surface area contributed by atoms with E-state index < -0.39 is 0 Å². The van der Waals surface area contributed by atoms with Gasteiger partial charge < -0.3 is 4.90 Å². The van der Waals surface area contributed by atoms with Crippen LogP contribution in [0.5, 0.6) is 0 Å². The monoisotopic (exact) mass is 267 g/mol. The Bertz CT molecular complexity index is 585. The zero-order valence-corrected chi connectivity index (χ0v) is 12.6. The molecule has 0 aliphatic rings. The molecule has 2 rings (SSSR count). The Morgan fingerprint density at radius 2 is 1.50 bits per heavy atom. The van der Waals surface area contributed by atoms with Crippen molar-refractivity contribution in [3.8, 4) is 0 Å². The quantitative estimate of drug-likeness (QED) is 0.823. The first kappa shape index (κ1) is 14.3. The summed E-state index contributed by atoms with van der Waals surface area (Å²) in [7, 11) is 1.86. The summed E-state index contributed by atoms with van der Waals surface area (Å²) in [5.74, 6) is 0.0406. The van der Waals surface area contributed by atoms with Gasteiger partial charge in [-0.25, -0.2) is 0 Å². The molecule has 1 amide bonds. The minimum atomic E-state index is -0.344. The number of aryl methyl sites for hydroxylation is 1. The molecule has 0 aromatic heterocycles. The van der Waals surface area contributed by atoms with Crippen molar-refractivity contribution in [2.45, 2.75) is 26.3 Å². The maximum Gasteiger partial charge on any atom is 0.254 e. The van der Waals surface area contributed by atoms with E-state index in [-0.39, 0.29) is 11.4 Å². The smallest absolute Gasteiger partial charge is 0.254 e. The van der Waals surface area contributed by atoms with E-state index in [0.717, 1.165) is 16.7 Å². The second-order valence-electron chi connectivity index (χ2n) is 5.66. The zero-order chi connectivity index (χ0) is 14.8. The number of carbonyl (C=O) groups excluding carboxylic acids is 1. The van der Waals surface area contributed by atoms with Crippen molar-refractivity contribution in [1.29, 1.82) is 0 Å². The SMILES string of the molecule is Cc1ccc(C(=O)N(C)C(C)(C)c2ccccc2)cc1. The van der Waals surface area contributed by atoms with Crippen LogP contribution in [0.25, 0.3) is 0 Å². The topological polar surface area (TPSA) is 20.3 Å². The molecule has 0 spiro atoms. The average molecular weight is 267 g/mol. The van der Waals surface area contributed by atoms with E-state index in [1.54, 1.807) is 4.90 Å². The van der Waals surface area contributed by atoms with Crippen molar-refractivity contribution < 1.29 is 4.79 Å². The minimum absolute atomic E-state index is 0.0406. The molecule has 2 nitrogen and oxygen atoms in total. The van der Waals surface area contributed by atoms with E-state index >= 15 is 0 Å². The van der Waals surface area contributed by atoms with E-state index in [2.05, 4.69) is 26.0 Å². The van der Waals surface area contributed by atoms with Gasteiger partial charge in [0.1, 0.15) is 0 Å². The molecule has 0 aliphatic carbocycles. The van der Waals surface area contributed by atoms with Gasteiger partial charge in [-0.2, -0.15) is 0 Å². The Kier molecular flexibility index (Phi) is 3.93. The maximum absolute atomic E-state index is 12.6. The van der Waals surface area contributed by atoms with Gasteiger partial charge in [0.05, 0.1) is 5.54 Å². The first-order valence-electron chi connectivity index (χ1n) is 6.83. The first-order chi connectivity index (χ1) is 9.43. The van der Waals surface area contributed by atoms with E-state index in [9.17, 15) is 4.79 Å². The third-order valence-electron chi connectivity index (χ3n) is 3.92. The molecule has 0 heterocycles. The Morgan fingerprint density at radius 1 is 0.950 bits per heavy atom. The summed E-state index contributed by atoms with van der Waals surface area (Å²) < 4.78 is 0. The molecule has 0 unspecified atom stereocenters. The Balaban J connectivity index is 2.28. The van der Waals surface area contributed by atoms with Crippen molar-refractivity contribution in [3.05, 3.63) is 71.3 Å². The Morgan fingerprint density at radius 3 is 2.05 bits per heavy atom. The van der Waals surface area contributed by atoms with Gasteiger partial charge in [-0.15, -0.1) is 0 Å². The fraction of sp³-hybridized carbons (Fsp3) is 0.278. The summed E-state index contributed by atoms with van der Waals surface area (Å²) >= 11 is 0. The highest BCUT2D eigenvalue weighted by Gasteiger charge is 2.29. The molecular formula is C18H21NO. The van der Waals surface area contributed by atoms with Crippen LogP contribution in [0.2, 0.25) is 0 Å². The number of hydrogen-bond donors (Lipinski definition) is 0. The fourth-order valence-electron chi connectivity index (χ4n) is 2.18. The van der Waals surface area contributed by atoms with Crippen molar-refractivity contribution >= 4 is 5.91 Å². The molecule has 2 aromatic carbocycles. The number of benzene rings is 2. The van der Waals surface area contributed by atoms with Gasteiger partial charge in [-0.3, -0.25) is 4.79 Å². The lowest BCUT2D eigenvalue weighted by atomic mass is 9.92. The van der Waals surface area contributed by atoms with Gasteiger partial charge in [0.25, 0.3) is 5.91 Å². The second-order valence-corrected chi connectivity index (χ2v) is 5.66. The number of nitrogens with zero attached hydrogens (tertiary/aromatic N) is 1. The maximum atomic E-state index is 12.6. The van der Waals surface area contributed by atoms with Crippen LogP contribution in [0.3, 0.4) is 0 Å². The third kappa shape index (κ3) is 2.74. The second kappa shape index (κ2) is 5.49. The van der Waals surface area contributed by atoms with Gasteiger partial charge in [-0.05, 0) is 38.5 Å². The van der Waals surface area contributed by atoms with E-state index in [0.29, 0.717) is 0 Å². The molecular weight excluding hydrogens is 246 g/mol. The molecule has 104 valence electrons. The van der Waals surface area contributed by atoms with Gasteiger partial charge in [-0.1, -0.05) is 48.0 Å². The van der Waals surface area contributed by atoms with Crippen LogP contribution < -0.4 is 0 Å². The summed E-state index contributed by atoms with van der Waals surface area (Å²) in [6.07, 6.45) is 0. The molecule has 0 atom stereocenters. The molecule has 20 heavy (non-hydrogen) atoms. The number of hydrogen-bond acceptors (Lipinski definition) is 1. The molecule has 2 heteroatoms. The van der Waals surface area contributed by atoms with Crippen LogP contribution in [0.1, 0.15) is 35.3 Å². The predicted molar refractivity (Wildman–Crippen MR) is 82.7 cm³/mol. The van der Waals surface area contributed by atoms with E-state index in [4.69, 9.17) is 0 Å². The van der Waals surface area contributed by atoms with Crippen LogP contribution >= 0.6 is 0 Å². The number of amides is 1. The molecule has 0 aliphatic heterocycles.